The zero-order valence-corrected chi connectivity index (χ0v) is 6.62. The van der Waals surface area contributed by atoms with Crippen LogP contribution in [0.2, 0.25) is 0 Å². The minimum Gasteiger partial charge on any atom is -0.504 e. The second kappa shape index (κ2) is 3.40. The molecule has 0 radical (unpaired) electrons. The monoisotopic (exact) mass is 185 g/mol. The number of rotatable bonds is 2. The SMILES string of the molecule is NCC(=O)c1ccc(O)c(O)c1F. The van der Waals surface area contributed by atoms with E-state index in [1.165, 1.54) is 0 Å². The van der Waals surface area contributed by atoms with Gasteiger partial charge in [-0.25, -0.2) is 4.39 Å². The summed E-state index contributed by atoms with van der Waals surface area (Å²) in [6.45, 7) is -0.346. The Morgan fingerprint density at radius 2 is 2.08 bits per heavy atom. The van der Waals surface area contributed by atoms with Crippen molar-refractivity contribution in [2.75, 3.05) is 6.54 Å². The van der Waals surface area contributed by atoms with Gasteiger partial charge in [0.15, 0.2) is 23.1 Å². The number of carbonyl (C=O) groups is 1. The van der Waals surface area contributed by atoms with Crippen molar-refractivity contribution in [3.05, 3.63) is 23.5 Å². The molecule has 0 fully saturated rings. The van der Waals surface area contributed by atoms with Gasteiger partial charge in [0.25, 0.3) is 0 Å². The van der Waals surface area contributed by atoms with Gasteiger partial charge in [-0.3, -0.25) is 4.79 Å². The number of ketones is 1. The Balaban J connectivity index is 3.26. The fraction of sp³-hybridized carbons (Fsp3) is 0.125. The maximum atomic E-state index is 13.0. The van der Waals surface area contributed by atoms with Crippen molar-refractivity contribution in [1.29, 1.82) is 0 Å². The second-order valence-electron chi connectivity index (χ2n) is 2.42. The fourth-order valence-electron chi connectivity index (χ4n) is 0.880. The minimum absolute atomic E-state index is 0.321. The number of phenols is 2. The molecular weight excluding hydrogens is 177 g/mol. The molecule has 0 aliphatic rings. The molecule has 0 amide bonds. The highest BCUT2D eigenvalue weighted by Gasteiger charge is 2.16. The van der Waals surface area contributed by atoms with E-state index in [0.29, 0.717) is 0 Å². The van der Waals surface area contributed by atoms with Gasteiger partial charge < -0.3 is 15.9 Å². The van der Waals surface area contributed by atoms with Gasteiger partial charge in [0.1, 0.15) is 0 Å². The molecule has 0 bridgehead atoms. The molecule has 4 nitrogen and oxygen atoms in total. The highest BCUT2D eigenvalue weighted by Crippen LogP contribution is 2.29. The average molecular weight is 185 g/mol. The third-order valence-electron chi connectivity index (χ3n) is 1.58. The molecular formula is C8H8FNO3. The van der Waals surface area contributed by atoms with Gasteiger partial charge in [0, 0.05) is 0 Å². The number of phenolic OH excluding ortho intramolecular Hbond substituents is 2. The number of hydrogen-bond acceptors (Lipinski definition) is 4. The van der Waals surface area contributed by atoms with E-state index in [2.05, 4.69) is 0 Å². The molecule has 0 unspecified atom stereocenters. The van der Waals surface area contributed by atoms with Crippen LogP contribution in [-0.2, 0) is 0 Å². The lowest BCUT2D eigenvalue weighted by atomic mass is 10.1. The summed E-state index contributed by atoms with van der Waals surface area (Å²) < 4.78 is 13.0. The van der Waals surface area contributed by atoms with Gasteiger partial charge >= 0.3 is 0 Å². The van der Waals surface area contributed by atoms with E-state index in [4.69, 9.17) is 15.9 Å². The molecule has 0 aliphatic heterocycles. The Labute approximate surface area is 73.4 Å². The molecule has 4 N–H and O–H groups in total. The van der Waals surface area contributed by atoms with Crippen LogP contribution in [0.5, 0.6) is 11.5 Å². The predicted molar refractivity (Wildman–Crippen MR) is 43.1 cm³/mol. The van der Waals surface area contributed by atoms with Crippen LogP contribution in [0.3, 0.4) is 0 Å². The van der Waals surface area contributed by atoms with Crippen molar-refractivity contribution >= 4 is 5.78 Å². The van der Waals surface area contributed by atoms with E-state index in [0.717, 1.165) is 12.1 Å². The van der Waals surface area contributed by atoms with Crippen molar-refractivity contribution < 1.29 is 19.4 Å². The average Bonchev–Trinajstić information content (AvgIpc) is 2.13. The summed E-state index contributed by atoms with van der Waals surface area (Å²) in [5.74, 6) is -3.31. The molecule has 0 aliphatic carbocycles. The van der Waals surface area contributed by atoms with Gasteiger partial charge in [-0.2, -0.15) is 0 Å². The molecule has 1 aromatic carbocycles. The Morgan fingerprint density at radius 3 is 2.62 bits per heavy atom. The molecule has 0 aromatic heterocycles. The summed E-state index contributed by atoms with van der Waals surface area (Å²) in [7, 11) is 0. The van der Waals surface area contributed by atoms with Crippen LogP contribution in [-0.4, -0.2) is 22.5 Å². The third kappa shape index (κ3) is 1.59. The van der Waals surface area contributed by atoms with Crippen molar-refractivity contribution in [2.45, 2.75) is 0 Å². The summed E-state index contributed by atoms with van der Waals surface area (Å²) in [6.07, 6.45) is 0. The largest absolute Gasteiger partial charge is 0.504 e. The lowest BCUT2D eigenvalue weighted by Gasteiger charge is -2.03. The molecule has 1 aromatic rings. The van der Waals surface area contributed by atoms with Crippen molar-refractivity contribution in [3.63, 3.8) is 0 Å². The summed E-state index contributed by atoms with van der Waals surface area (Å²) in [5, 5.41) is 17.8. The highest BCUT2D eigenvalue weighted by molar-refractivity contribution is 5.98. The Morgan fingerprint density at radius 1 is 1.46 bits per heavy atom. The van der Waals surface area contributed by atoms with Crippen molar-refractivity contribution in [2.24, 2.45) is 5.73 Å². The zero-order valence-electron chi connectivity index (χ0n) is 6.62. The molecule has 0 atom stereocenters. The van der Waals surface area contributed by atoms with Crippen LogP contribution < -0.4 is 5.73 Å². The number of halogens is 1. The number of aromatic hydroxyl groups is 2. The van der Waals surface area contributed by atoms with Crippen LogP contribution in [0.4, 0.5) is 4.39 Å². The number of nitrogens with two attached hydrogens (primary N) is 1. The number of Topliss-reactive ketones (excluding diaryl/α,β-unsaturated/α-hetero) is 1. The van der Waals surface area contributed by atoms with Crippen LogP contribution in [0.15, 0.2) is 12.1 Å². The Hall–Kier alpha value is -1.62. The van der Waals surface area contributed by atoms with Gasteiger partial charge in [-0.15, -0.1) is 0 Å². The lowest BCUT2D eigenvalue weighted by Crippen LogP contribution is -2.15. The van der Waals surface area contributed by atoms with Gasteiger partial charge in [-0.1, -0.05) is 0 Å². The maximum Gasteiger partial charge on any atom is 0.194 e. The number of carbonyl (C=O) groups excluding carboxylic acids is 1. The van der Waals surface area contributed by atoms with Gasteiger partial charge in [0.05, 0.1) is 12.1 Å². The zero-order chi connectivity index (χ0) is 10.0. The van der Waals surface area contributed by atoms with E-state index in [9.17, 15) is 9.18 Å². The van der Waals surface area contributed by atoms with Crippen LogP contribution >= 0.6 is 0 Å². The summed E-state index contributed by atoms with van der Waals surface area (Å²) in [6, 6.07) is 2.10. The lowest BCUT2D eigenvalue weighted by molar-refractivity contribution is 0.0996. The number of benzene rings is 1. The van der Waals surface area contributed by atoms with Crippen LogP contribution in [0, 0.1) is 5.82 Å². The molecule has 5 heteroatoms. The maximum absolute atomic E-state index is 13.0. The first kappa shape index (κ1) is 9.47. The Bertz CT molecular complexity index is 351. The molecule has 0 spiro atoms. The van der Waals surface area contributed by atoms with Crippen LogP contribution in [0.1, 0.15) is 10.4 Å². The Kier molecular flexibility index (Phi) is 2.48. The highest BCUT2D eigenvalue weighted by atomic mass is 19.1. The fourth-order valence-corrected chi connectivity index (χ4v) is 0.880. The van der Waals surface area contributed by atoms with Gasteiger partial charge in [0.2, 0.25) is 0 Å². The molecule has 13 heavy (non-hydrogen) atoms. The number of hydrogen-bond donors (Lipinski definition) is 3. The molecule has 0 heterocycles. The van der Waals surface area contributed by atoms with Crippen molar-refractivity contribution in [3.8, 4) is 11.5 Å². The quantitative estimate of drug-likeness (QED) is 0.459. The first-order valence-electron chi connectivity index (χ1n) is 3.51. The van der Waals surface area contributed by atoms with E-state index in [-0.39, 0.29) is 12.1 Å². The second-order valence-corrected chi connectivity index (χ2v) is 2.42. The smallest absolute Gasteiger partial charge is 0.194 e. The van der Waals surface area contributed by atoms with Gasteiger partial charge in [-0.05, 0) is 12.1 Å². The standard InChI is InChI=1S/C8H8FNO3/c9-7-4(6(12)3-10)1-2-5(11)8(7)13/h1-2,11,13H,3,10H2. The summed E-state index contributed by atoms with van der Waals surface area (Å²) >= 11 is 0. The first-order valence-corrected chi connectivity index (χ1v) is 3.51. The van der Waals surface area contributed by atoms with Crippen LogP contribution in [0.25, 0.3) is 0 Å². The first-order chi connectivity index (χ1) is 6.07. The topological polar surface area (TPSA) is 83.6 Å². The van der Waals surface area contributed by atoms with E-state index >= 15 is 0 Å². The normalized spacial score (nSPS) is 10.0. The predicted octanol–water partition coefficient (Wildman–Crippen LogP) is 0.378. The van der Waals surface area contributed by atoms with E-state index < -0.39 is 23.1 Å². The third-order valence-corrected chi connectivity index (χ3v) is 1.58. The summed E-state index contributed by atoms with van der Waals surface area (Å²) in [4.78, 5) is 10.9. The van der Waals surface area contributed by atoms with E-state index in [1.807, 2.05) is 0 Å². The minimum atomic E-state index is -1.14. The molecule has 70 valence electrons. The van der Waals surface area contributed by atoms with Crippen molar-refractivity contribution in [1.82, 2.24) is 0 Å². The molecule has 0 saturated heterocycles. The molecule has 0 saturated carbocycles. The van der Waals surface area contributed by atoms with E-state index in [1.54, 1.807) is 0 Å². The molecule has 1 rings (SSSR count). The summed E-state index contributed by atoms with van der Waals surface area (Å²) in [5.41, 5.74) is 4.68.